The van der Waals surface area contributed by atoms with Gasteiger partial charge in [-0.2, -0.15) is 17.0 Å². The topological polar surface area (TPSA) is 60.9 Å². The molecule has 140 valence electrons. The fourth-order valence-corrected chi connectivity index (χ4v) is 4.87. The van der Waals surface area contributed by atoms with E-state index in [1.165, 1.54) is 0 Å². The molecule has 0 bridgehead atoms. The molecule has 1 heterocycles. The Bertz CT molecular complexity index is 659. The molecule has 25 heavy (non-hydrogen) atoms. The van der Waals surface area contributed by atoms with E-state index in [0.29, 0.717) is 44.8 Å². The van der Waals surface area contributed by atoms with Gasteiger partial charge in [-0.15, -0.1) is 0 Å². The zero-order valence-electron chi connectivity index (χ0n) is 15.4. The number of hydrogen-bond acceptors (Lipinski definition) is 4. The van der Waals surface area contributed by atoms with Crippen molar-refractivity contribution in [2.24, 2.45) is 0 Å². The van der Waals surface area contributed by atoms with Gasteiger partial charge in [0.2, 0.25) is 0 Å². The van der Waals surface area contributed by atoms with Crippen LogP contribution in [-0.2, 0) is 10.2 Å². The molecule has 0 aromatic heterocycles. The number of ketones is 1. The van der Waals surface area contributed by atoms with Crippen molar-refractivity contribution in [1.29, 1.82) is 0 Å². The fourth-order valence-electron chi connectivity index (χ4n) is 3.09. The van der Waals surface area contributed by atoms with E-state index in [1.54, 1.807) is 15.5 Å². The molecule has 1 aliphatic heterocycles. The monoisotopic (exact) mass is 367 g/mol. The smallest absolute Gasteiger partial charge is 0.282 e. The van der Waals surface area contributed by atoms with Crippen LogP contribution >= 0.6 is 0 Å². The van der Waals surface area contributed by atoms with E-state index in [9.17, 15) is 13.2 Å². The first-order chi connectivity index (χ1) is 11.9. The predicted molar refractivity (Wildman–Crippen MR) is 101 cm³/mol. The summed E-state index contributed by atoms with van der Waals surface area (Å²) in [6.45, 7) is 8.99. The molecule has 0 atom stereocenters. The van der Waals surface area contributed by atoms with Gasteiger partial charge in [-0.1, -0.05) is 13.8 Å². The van der Waals surface area contributed by atoms with Crippen LogP contribution in [0.3, 0.4) is 0 Å². The van der Waals surface area contributed by atoms with Crippen molar-refractivity contribution in [1.82, 2.24) is 8.61 Å². The molecule has 1 aromatic carbocycles. The van der Waals surface area contributed by atoms with Crippen molar-refractivity contribution in [3.8, 4) is 0 Å². The van der Waals surface area contributed by atoms with Crippen molar-refractivity contribution in [3.05, 3.63) is 29.8 Å². The van der Waals surface area contributed by atoms with Gasteiger partial charge < -0.3 is 4.90 Å². The molecule has 0 amide bonds. The summed E-state index contributed by atoms with van der Waals surface area (Å²) in [5.41, 5.74) is 1.72. The van der Waals surface area contributed by atoms with Crippen LogP contribution in [0.5, 0.6) is 0 Å². The fraction of sp³-hybridized carbons (Fsp3) is 0.611. The van der Waals surface area contributed by atoms with Crippen LogP contribution in [0.1, 0.15) is 44.0 Å². The lowest BCUT2D eigenvalue weighted by atomic mass is 10.1. The Balaban J connectivity index is 2.01. The minimum atomic E-state index is -3.38. The first-order valence-corrected chi connectivity index (χ1v) is 10.4. The Labute approximate surface area is 151 Å². The third-order valence-electron chi connectivity index (χ3n) is 4.48. The molecule has 1 aliphatic rings. The molecule has 0 N–H and O–H groups in total. The van der Waals surface area contributed by atoms with Crippen LogP contribution in [0.2, 0.25) is 0 Å². The molecule has 0 saturated carbocycles. The summed E-state index contributed by atoms with van der Waals surface area (Å²) in [6.07, 6.45) is 1.64. The molecule has 0 aliphatic carbocycles. The molecule has 1 saturated heterocycles. The normalized spacial score (nSPS) is 16.4. The molecular formula is C18H29N3O3S. The minimum absolute atomic E-state index is 0.0504. The summed E-state index contributed by atoms with van der Waals surface area (Å²) in [4.78, 5) is 13.5. The third kappa shape index (κ3) is 4.80. The summed E-state index contributed by atoms with van der Waals surface area (Å²) in [7, 11) is -3.38. The molecule has 1 fully saturated rings. The lowest BCUT2D eigenvalue weighted by Crippen LogP contribution is -2.53. The number of benzene rings is 1. The van der Waals surface area contributed by atoms with Crippen molar-refractivity contribution in [3.63, 3.8) is 0 Å². The van der Waals surface area contributed by atoms with E-state index < -0.39 is 10.2 Å². The Kier molecular flexibility index (Phi) is 6.98. The third-order valence-corrected chi connectivity index (χ3v) is 6.51. The van der Waals surface area contributed by atoms with Crippen molar-refractivity contribution in [2.75, 3.05) is 44.2 Å². The average Bonchev–Trinajstić information content (AvgIpc) is 2.61. The highest BCUT2D eigenvalue weighted by atomic mass is 32.2. The van der Waals surface area contributed by atoms with Crippen molar-refractivity contribution >= 4 is 21.7 Å². The Morgan fingerprint density at radius 1 is 1.00 bits per heavy atom. The SMILES string of the molecule is CCCN(CCC)S(=O)(=O)N1CCN(c2ccc(C(C)=O)cc2)CC1. The zero-order chi connectivity index (χ0) is 18.4. The highest BCUT2D eigenvalue weighted by Crippen LogP contribution is 2.20. The van der Waals surface area contributed by atoms with E-state index in [4.69, 9.17) is 0 Å². The summed E-state index contributed by atoms with van der Waals surface area (Å²) in [5, 5.41) is 0. The summed E-state index contributed by atoms with van der Waals surface area (Å²) in [6, 6.07) is 7.51. The van der Waals surface area contributed by atoms with Crippen LogP contribution in [0.25, 0.3) is 0 Å². The van der Waals surface area contributed by atoms with E-state index in [1.807, 2.05) is 38.1 Å². The van der Waals surface area contributed by atoms with Crippen LogP contribution in [0, 0.1) is 0 Å². The van der Waals surface area contributed by atoms with Gasteiger partial charge in [0, 0.05) is 50.5 Å². The van der Waals surface area contributed by atoms with Gasteiger partial charge in [0.1, 0.15) is 0 Å². The Morgan fingerprint density at radius 2 is 1.52 bits per heavy atom. The van der Waals surface area contributed by atoms with Gasteiger partial charge in [0.25, 0.3) is 10.2 Å². The molecule has 0 radical (unpaired) electrons. The number of Topliss-reactive ketones (excluding diaryl/α,β-unsaturated/α-hetero) is 1. The summed E-state index contributed by atoms with van der Waals surface area (Å²) < 4.78 is 28.8. The van der Waals surface area contributed by atoms with Gasteiger partial charge >= 0.3 is 0 Å². The number of carbonyl (C=O) groups excluding carboxylic acids is 1. The summed E-state index contributed by atoms with van der Waals surface area (Å²) >= 11 is 0. The lowest BCUT2D eigenvalue weighted by molar-refractivity contribution is 0.101. The molecule has 0 unspecified atom stereocenters. The second kappa shape index (κ2) is 8.78. The number of anilines is 1. The second-order valence-electron chi connectivity index (χ2n) is 6.40. The maximum atomic E-state index is 12.8. The average molecular weight is 368 g/mol. The van der Waals surface area contributed by atoms with E-state index in [0.717, 1.165) is 18.5 Å². The van der Waals surface area contributed by atoms with E-state index >= 15 is 0 Å². The highest BCUT2D eigenvalue weighted by Gasteiger charge is 2.31. The maximum absolute atomic E-state index is 12.8. The first kappa shape index (κ1) is 19.9. The van der Waals surface area contributed by atoms with Gasteiger partial charge in [-0.05, 0) is 44.0 Å². The number of rotatable bonds is 8. The molecule has 6 nitrogen and oxygen atoms in total. The minimum Gasteiger partial charge on any atom is -0.369 e. The number of piperazine rings is 1. The molecule has 0 spiro atoms. The van der Waals surface area contributed by atoms with Gasteiger partial charge in [-0.3, -0.25) is 4.79 Å². The van der Waals surface area contributed by atoms with E-state index in [2.05, 4.69) is 4.90 Å². The number of hydrogen-bond donors (Lipinski definition) is 0. The molecule has 1 aromatic rings. The standard InChI is InChI=1S/C18H29N3O3S/c1-4-10-20(11-5-2)25(23,24)21-14-12-19(13-15-21)18-8-6-17(7-9-18)16(3)22/h6-9H,4-5,10-15H2,1-3H3. The van der Waals surface area contributed by atoms with Crippen LogP contribution in [-0.4, -0.2) is 62.1 Å². The molecule has 2 rings (SSSR count). The quantitative estimate of drug-likeness (QED) is 0.662. The second-order valence-corrected chi connectivity index (χ2v) is 8.32. The first-order valence-electron chi connectivity index (χ1n) is 9.01. The highest BCUT2D eigenvalue weighted by molar-refractivity contribution is 7.86. The lowest BCUT2D eigenvalue weighted by Gasteiger charge is -2.37. The maximum Gasteiger partial charge on any atom is 0.282 e. The van der Waals surface area contributed by atoms with Crippen molar-refractivity contribution < 1.29 is 13.2 Å². The van der Waals surface area contributed by atoms with Gasteiger partial charge in [0.15, 0.2) is 5.78 Å². The number of nitrogens with zero attached hydrogens (tertiary/aromatic N) is 3. The van der Waals surface area contributed by atoms with E-state index in [-0.39, 0.29) is 5.78 Å². The molecular weight excluding hydrogens is 338 g/mol. The van der Waals surface area contributed by atoms with Crippen LogP contribution in [0.15, 0.2) is 24.3 Å². The largest absolute Gasteiger partial charge is 0.369 e. The Morgan fingerprint density at radius 3 is 1.96 bits per heavy atom. The van der Waals surface area contributed by atoms with Crippen LogP contribution in [0.4, 0.5) is 5.69 Å². The van der Waals surface area contributed by atoms with Crippen LogP contribution < -0.4 is 4.90 Å². The number of carbonyl (C=O) groups is 1. The van der Waals surface area contributed by atoms with Gasteiger partial charge in [0.05, 0.1) is 0 Å². The summed E-state index contributed by atoms with van der Waals surface area (Å²) in [5.74, 6) is 0.0504. The van der Waals surface area contributed by atoms with Crippen molar-refractivity contribution in [2.45, 2.75) is 33.6 Å². The van der Waals surface area contributed by atoms with Gasteiger partial charge in [-0.25, -0.2) is 0 Å². The zero-order valence-corrected chi connectivity index (χ0v) is 16.3. The molecule has 7 heteroatoms. The predicted octanol–water partition coefficient (Wildman–Crippen LogP) is 2.38. The Hall–Kier alpha value is -1.44.